The molecule has 0 aliphatic rings. The Morgan fingerprint density at radius 3 is 2.47 bits per heavy atom. The maximum atomic E-state index is 9.68. The zero-order chi connectivity index (χ0) is 14.0. The minimum atomic E-state index is 0.193. The maximum absolute atomic E-state index is 9.68. The fraction of sp³-hybridized carbons (Fsp3) is 0.250. The van der Waals surface area contributed by atoms with E-state index in [1.165, 1.54) is 5.56 Å². The molecule has 0 aliphatic carbocycles. The number of nitrogens with one attached hydrogen (secondary N) is 1. The summed E-state index contributed by atoms with van der Waals surface area (Å²) in [4.78, 5) is 0. The van der Waals surface area contributed by atoms with Gasteiger partial charge in [0.1, 0.15) is 5.75 Å². The largest absolute Gasteiger partial charge is 0.508 e. The molecule has 0 aromatic heterocycles. The minimum Gasteiger partial charge on any atom is -0.508 e. The highest BCUT2D eigenvalue weighted by atomic mass is 79.9. The number of aryl methyl sites for hydroxylation is 2. The van der Waals surface area contributed by atoms with Crippen LogP contribution in [0.15, 0.2) is 40.9 Å². The molecule has 1 unspecified atom stereocenters. The van der Waals surface area contributed by atoms with Crippen LogP contribution in [0.25, 0.3) is 0 Å². The number of hydrogen-bond acceptors (Lipinski definition) is 2. The maximum Gasteiger partial charge on any atom is 0.118 e. The fourth-order valence-electron chi connectivity index (χ4n) is 2.09. The molecule has 0 heterocycles. The van der Waals surface area contributed by atoms with Gasteiger partial charge in [0.15, 0.2) is 0 Å². The molecule has 0 aliphatic heterocycles. The molecular weight excluding hydrogens is 302 g/mol. The number of anilines is 1. The summed E-state index contributed by atoms with van der Waals surface area (Å²) in [6.45, 7) is 6.03. The Morgan fingerprint density at radius 2 is 1.79 bits per heavy atom. The quantitative estimate of drug-likeness (QED) is 0.785. The summed E-state index contributed by atoms with van der Waals surface area (Å²) in [6.07, 6.45) is 0. The van der Waals surface area contributed by atoms with Crippen LogP contribution in [0.3, 0.4) is 0 Å². The van der Waals surface area contributed by atoms with Crippen molar-refractivity contribution in [1.29, 1.82) is 0 Å². The summed E-state index contributed by atoms with van der Waals surface area (Å²) in [7, 11) is 0. The summed E-state index contributed by atoms with van der Waals surface area (Å²) in [5.41, 5.74) is 4.20. The second kappa shape index (κ2) is 5.66. The van der Waals surface area contributed by atoms with Gasteiger partial charge < -0.3 is 10.4 Å². The average molecular weight is 320 g/mol. The van der Waals surface area contributed by atoms with Crippen LogP contribution in [-0.4, -0.2) is 5.11 Å². The number of phenols is 1. The van der Waals surface area contributed by atoms with Gasteiger partial charge >= 0.3 is 0 Å². The Morgan fingerprint density at radius 1 is 1.11 bits per heavy atom. The molecule has 0 amide bonds. The van der Waals surface area contributed by atoms with Gasteiger partial charge in [-0.05, 0) is 55.7 Å². The Kier molecular flexibility index (Phi) is 4.15. The predicted octanol–water partition coefficient (Wildman–Crippen LogP) is 4.94. The third-order valence-electron chi connectivity index (χ3n) is 3.29. The van der Waals surface area contributed by atoms with E-state index in [0.717, 1.165) is 21.3 Å². The van der Waals surface area contributed by atoms with Gasteiger partial charge in [0, 0.05) is 16.2 Å². The van der Waals surface area contributed by atoms with Crippen molar-refractivity contribution in [3.05, 3.63) is 57.6 Å². The second-order valence-corrected chi connectivity index (χ2v) is 5.70. The van der Waals surface area contributed by atoms with Crippen molar-refractivity contribution >= 4 is 21.6 Å². The molecule has 2 aromatic carbocycles. The molecule has 2 rings (SSSR count). The van der Waals surface area contributed by atoms with E-state index in [-0.39, 0.29) is 6.04 Å². The summed E-state index contributed by atoms with van der Waals surface area (Å²) < 4.78 is 1.10. The summed E-state index contributed by atoms with van der Waals surface area (Å²) in [5, 5.41) is 13.2. The predicted molar refractivity (Wildman–Crippen MR) is 83.8 cm³/mol. The van der Waals surface area contributed by atoms with E-state index in [4.69, 9.17) is 0 Å². The van der Waals surface area contributed by atoms with Gasteiger partial charge in [-0.25, -0.2) is 0 Å². The molecule has 0 saturated heterocycles. The van der Waals surface area contributed by atoms with Gasteiger partial charge in [-0.15, -0.1) is 0 Å². The summed E-state index contributed by atoms with van der Waals surface area (Å²) in [5.74, 6) is 0.344. The van der Waals surface area contributed by atoms with Crippen LogP contribution in [0, 0.1) is 13.8 Å². The molecule has 1 atom stereocenters. The molecule has 19 heavy (non-hydrogen) atoms. The molecule has 0 radical (unpaired) electrons. The third kappa shape index (κ3) is 3.10. The summed E-state index contributed by atoms with van der Waals surface area (Å²) in [6, 6.07) is 12.2. The lowest BCUT2D eigenvalue weighted by atomic mass is 10.1. The molecule has 0 bridgehead atoms. The number of benzene rings is 2. The highest BCUT2D eigenvalue weighted by molar-refractivity contribution is 9.10. The Labute approximate surface area is 122 Å². The topological polar surface area (TPSA) is 32.3 Å². The lowest BCUT2D eigenvalue weighted by Gasteiger charge is -2.19. The number of halogens is 1. The van der Waals surface area contributed by atoms with Gasteiger partial charge in [-0.3, -0.25) is 0 Å². The van der Waals surface area contributed by atoms with Crippen LogP contribution < -0.4 is 5.32 Å². The van der Waals surface area contributed by atoms with Crippen molar-refractivity contribution in [3.8, 4) is 5.75 Å². The normalized spacial score (nSPS) is 12.2. The molecule has 2 aromatic rings. The van der Waals surface area contributed by atoms with E-state index in [1.807, 2.05) is 38.1 Å². The van der Waals surface area contributed by atoms with Gasteiger partial charge in [0.25, 0.3) is 0 Å². The van der Waals surface area contributed by atoms with Crippen molar-refractivity contribution in [2.45, 2.75) is 26.8 Å². The second-order valence-electron chi connectivity index (χ2n) is 4.84. The van der Waals surface area contributed by atoms with Gasteiger partial charge in [-0.1, -0.05) is 34.1 Å². The molecule has 0 saturated carbocycles. The molecule has 2 N–H and O–H groups in total. The zero-order valence-corrected chi connectivity index (χ0v) is 13.0. The van der Waals surface area contributed by atoms with Crippen molar-refractivity contribution in [2.24, 2.45) is 0 Å². The Balaban J connectivity index is 2.27. The van der Waals surface area contributed by atoms with E-state index < -0.39 is 0 Å². The van der Waals surface area contributed by atoms with E-state index in [9.17, 15) is 5.11 Å². The fourth-order valence-corrected chi connectivity index (χ4v) is 2.72. The Hall–Kier alpha value is -1.48. The lowest BCUT2D eigenvalue weighted by molar-refractivity contribution is 0.470. The van der Waals surface area contributed by atoms with E-state index in [1.54, 1.807) is 6.07 Å². The molecule has 0 spiro atoms. The first-order valence-electron chi connectivity index (χ1n) is 6.30. The molecule has 3 heteroatoms. The van der Waals surface area contributed by atoms with E-state index >= 15 is 0 Å². The van der Waals surface area contributed by atoms with Crippen LogP contribution >= 0.6 is 15.9 Å². The molecule has 100 valence electrons. The molecule has 2 nitrogen and oxygen atoms in total. The first-order valence-corrected chi connectivity index (χ1v) is 7.09. The summed E-state index contributed by atoms with van der Waals surface area (Å²) >= 11 is 3.57. The van der Waals surface area contributed by atoms with E-state index in [2.05, 4.69) is 34.2 Å². The average Bonchev–Trinajstić information content (AvgIpc) is 2.36. The monoisotopic (exact) mass is 319 g/mol. The highest BCUT2D eigenvalue weighted by Gasteiger charge is 2.11. The van der Waals surface area contributed by atoms with Crippen LogP contribution in [0.4, 0.5) is 5.69 Å². The van der Waals surface area contributed by atoms with E-state index in [0.29, 0.717) is 5.75 Å². The zero-order valence-electron chi connectivity index (χ0n) is 11.4. The van der Waals surface area contributed by atoms with Gasteiger partial charge in [-0.2, -0.15) is 0 Å². The standard InChI is InChI=1S/C16H18BrNO/c1-10-9-16(19)11(2)8-15(10)18-12(3)13-6-4-5-7-14(13)17/h4-9,12,18-19H,1-3H3. The van der Waals surface area contributed by atoms with Crippen molar-refractivity contribution in [1.82, 2.24) is 0 Å². The minimum absolute atomic E-state index is 0.193. The van der Waals surface area contributed by atoms with Gasteiger partial charge in [0.2, 0.25) is 0 Å². The number of aromatic hydroxyl groups is 1. The number of rotatable bonds is 3. The van der Waals surface area contributed by atoms with Gasteiger partial charge in [0.05, 0.1) is 0 Å². The van der Waals surface area contributed by atoms with Crippen LogP contribution in [0.2, 0.25) is 0 Å². The highest BCUT2D eigenvalue weighted by Crippen LogP contribution is 2.30. The Bertz CT molecular complexity index is 595. The lowest BCUT2D eigenvalue weighted by Crippen LogP contribution is -2.08. The third-order valence-corrected chi connectivity index (χ3v) is 4.01. The first kappa shape index (κ1) is 13.9. The number of hydrogen-bond donors (Lipinski definition) is 2. The van der Waals surface area contributed by atoms with Crippen molar-refractivity contribution < 1.29 is 5.11 Å². The van der Waals surface area contributed by atoms with Crippen LogP contribution in [0.1, 0.15) is 29.7 Å². The SMILES string of the molecule is Cc1cc(NC(C)c2ccccc2Br)c(C)cc1O. The smallest absolute Gasteiger partial charge is 0.118 e. The molecular formula is C16H18BrNO. The van der Waals surface area contributed by atoms with Crippen LogP contribution in [0.5, 0.6) is 5.75 Å². The number of phenolic OH excluding ortho intramolecular Hbond substituents is 1. The van der Waals surface area contributed by atoms with Crippen molar-refractivity contribution in [3.63, 3.8) is 0 Å². The first-order chi connectivity index (χ1) is 8.99. The molecule has 0 fully saturated rings. The van der Waals surface area contributed by atoms with Crippen molar-refractivity contribution in [2.75, 3.05) is 5.32 Å². The van der Waals surface area contributed by atoms with Crippen LogP contribution in [-0.2, 0) is 0 Å².